The molecule has 10 heteroatoms. The Morgan fingerprint density at radius 3 is 2.48 bits per heavy atom. The molecule has 0 fully saturated rings. The van der Waals surface area contributed by atoms with Crippen LogP contribution < -0.4 is 10.6 Å². The molecule has 0 unspecified atom stereocenters. The van der Waals surface area contributed by atoms with Gasteiger partial charge in [0.1, 0.15) is 0 Å². The van der Waals surface area contributed by atoms with Gasteiger partial charge in [0.15, 0.2) is 11.0 Å². The quantitative estimate of drug-likeness (QED) is 0.412. The molecule has 1 aromatic carbocycles. The molecule has 2 N–H and O–H groups in total. The van der Waals surface area contributed by atoms with Crippen LogP contribution in [-0.2, 0) is 23.2 Å². The van der Waals surface area contributed by atoms with E-state index in [0.717, 1.165) is 23.2 Å². The first kappa shape index (κ1) is 20.6. The van der Waals surface area contributed by atoms with Crippen LogP contribution in [-0.4, -0.2) is 41.9 Å². The minimum Gasteiger partial charge on any atom is -0.330 e. The lowest BCUT2D eigenvalue weighted by molar-refractivity contribution is -0.116. The molecule has 2 heterocycles. The number of hydrogen-bond acceptors (Lipinski definition) is 6. The van der Waals surface area contributed by atoms with Gasteiger partial charge < -0.3 is 19.8 Å². The zero-order valence-electron chi connectivity index (χ0n) is 16.3. The molecule has 152 valence electrons. The number of imidazole rings is 1. The van der Waals surface area contributed by atoms with Crippen molar-refractivity contribution in [1.29, 1.82) is 0 Å². The van der Waals surface area contributed by atoms with Crippen molar-refractivity contribution in [3.63, 3.8) is 0 Å². The summed E-state index contributed by atoms with van der Waals surface area (Å²) < 4.78 is 3.90. The van der Waals surface area contributed by atoms with Crippen LogP contribution in [0.3, 0.4) is 0 Å². The first-order valence-electron chi connectivity index (χ1n) is 9.15. The van der Waals surface area contributed by atoms with Crippen LogP contribution in [0.2, 0.25) is 0 Å². The van der Waals surface area contributed by atoms with E-state index in [9.17, 15) is 9.59 Å². The third-order valence-corrected chi connectivity index (χ3v) is 5.18. The van der Waals surface area contributed by atoms with Gasteiger partial charge in [-0.1, -0.05) is 11.8 Å². The fraction of sp³-hybridized carbons (Fsp3) is 0.316. The lowest BCUT2D eigenvalue weighted by Gasteiger charge is -2.07. The summed E-state index contributed by atoms with van der Waals surface area (Å²) in [5.41, 5.74) is 1.40. The predicted octanol–water partition coefficient (Wildman–Crippen LogP) is 2.53. The number of amides is 2. The maximum Gasteiger partial charge on any atom is 0.224 e. The molecule has 0 aliphatic heterocycles. The Hall–Kier alpha value is -3.14. The predicted molar refractivity (Wildman–Crippen MR) is 112 cm³/mol. The molecular formula is C19H23N7O2S. The average Bonchev–Trinajstić information content (AvgIpc) is 3.31. The van der Waals surface area contributed by atoms with Gasteiger partial charge in [0, 0.05) is 49.9 Å². The standard InChI is InChI=1S/C19H23N7O2S/c1-14(27)21-15-5-7-16(8-6-15)22-18(28)4-3-11-29-19-24-23-17(25(19)2)12-26-10-9-20-13-26/h5-10,13H,3-4,11-12H2,1-2H3,(H,21,27)(H,22,28). The van der Waals surface area contributed by atoms with E-state index in [4.69, 9.17) is 0 Å². The summed E-state index contributed by atoms with van der Waals surface area (Å²) in [5, 5.41) is 14.8. The Kier molecular flexibility index (Phi) is 7.01. The van der Waals surface area contributed by atoms with Crippen molar-refractivity contribution >= 4 is 35.0 Å². The van der Waals surface area contributed by atoms with Gasteiger partial charge in [0.05, 0.1) is 12.9 Å². The third kappa shape index (κ3) is 6.18. The number of carbonyl (C=O) groups excluding carboxylic acids is 2. The number of benzene rings is 1. The van der Waals surface area contributed by atoms with Gasteiger partial charge in [-0.15, -0.1) is 10.2 Å². The fourth-order valence-corrected chi connectivity index (χ4v) is 3.48. The van der Waals surface area contributed by atoms with E-state index >= 15 is 0 Å². The zero-order valence-corrected chi connectivity index (χ0v) is 17.1. The summed E-state index contributed by atoms with van der Waals surface area (Å²) in [6.07, 6.45) is 6.50. The van der Waals surface area contributed by atoms with Gasteiger partial charge in [-0.25, -0.2) is 4.98 Å². The van der Waals surface area contributed by atoms with Gasteiger partial charge >= 0.3 is 0 Å². The largest absolute Gasteiger partial charge is 0.330 e. The van der Waals surface area contributed by atoms with Crippen LogP contribution in [0.4, 0.5) is 11.4 Å². The molecule has 0 bridgehead atoms. The van der Waals surface area contributed by atoms with E-state index in [1.807, 2.05) is 22.4 Å². The second kappa shape index (κ2) is 9.87. The molecule has 0 radical (unpaired) electrons. The number of carbonyl (C=O) groups is 2. The first-order valence-corrected chi connectivity index (χ1v) is 10.1. The molecule has 29 heavy (non-hydrogen) atoms. The van der Waals surface area contributed by atoms with Crippen molar-refractivity contribution in [2.75, 3.05) is 16.4 Å². The number of nitrogens with zero attached hydrogens (tertiary/aromatic N) is 5. The van der Waals surface area contributed by atoms with E-state index in [-0.39, 0.29) is 11.8 Å². The number of anilines is 2. The lowest BCUT2D eigenvalue weighted by atomic mass is 10.2. The molecule has 3 aromatic rings. The van der Waals surface area contributed by atoms with E-state index in [1.54, 1.807) is 48.6 Å². The van der Waals surface area contributed by atoms with E-state index in [0.29, 0.717) is 24.3 Å². The molecule has 0 atom stereocenters. The molecule has 3 rings (SSSR count). The Morgan fingerprint density at radius 2 is 1.83 bits per heavy atom. The molecule has 0 saturated carbocycles. The number of nitrogens with one attached hydrogen (secondary N) is 2. The van der Waals surface area contributed by atoms with Crippen LogP contribution in [0.5, 0.6) is 0 Å². The second-order valence-electron chi connectivity index (χ2n) is 6.45. The third-order valence-electron chi connectivity index (χ3n) is 4.08. The zero-order chi connectivity index (χ0) is 20.6. The van der Waals surface area contributed by atoms with Crippen molar-refractivity contribution in [1.82, 2.24) is 24.3 Å². The average molecular weight is 414 g/mol. The molecule has 0 saturated heterocycles. The summed E-state index contributed by atoms with van der Waals surface area (Å²) >= 11 is 1.58. The van der Waals surface area contributed by atoms with Crippen molar-refractivity contribution in [3.05, 3.63) is 48.8 Å². The van der Waals surface area contributed by atoms with Crippen molar-refractivity contribution < 1.29 is 9.59 Å². The number of aromatic nitrogens is 5. The molecular weight excluding hydrogens is 390 g/mol. The highest BCUT2D eigenvalue weighted by Crippen LogP contribution is 2.18. The smallest absolute Gasteiger partial charge is 0.224 e. The van der Waals surface area contributed by atoms with Gasteiger partial charge in [-0.05, 0) is 30.7 Å². The molecule has 0 aliphatic rings. The summed E-state index contributed by atoms with van der Waals surface area (Å²) in [4.78, 5) is 27.1. The van der Waals surface area contributed by atoms with Crippen LogP contribution >= 0.6 is 11.8 Å². The molecule has 9 nitrogen and oxygen atoms in total. The Labute approximate surface area is 172 Å². The van der Waals surface area contributed by atoms with Gasteiger partial charge in [0.2, 0.25) is 11.8 Å². The summed E-state index contributed by atoms with van der Waals surface area (Å²) in [6.45, 7) is 2.07. The summed E-state index contributed by atoms with van der Waals surface area (Å²) in [5.74, 6) is 1.45. The second-order valence-corrected chi connectivity index (χ2v) is 7.51. The van der Waals surface area contributed by atoms with E-state index < -0.39 is 0 Å². The molecule has 2 amide bonds. The highest BCUT2D eigenvalue weighted by Gasteiger charge is 2.10. The number of hydrogen-bond donors (Lipinski definition) is 2. The molecule has 0 spiro atoms. The van der Waals surface area contributed by atoms with Gasteiger partial charge in [-0.2, -0.15) is 0 Å². The maximum absolute atomic E-state index is 12.1. The van der Waals surface area contributed by atoms with Crippen LogP contribution in [0, 0.1) is 0 Å². The highest BCUT2D eigenvalue weighted by atomic mass is 32.2. The number of rotatable bonds is 9. The van der Waals surface area contributed by atoms with Crippen molar-refractivity contribution in [2.45, 2.75) is 31.5 Å². The van der Waals surface area contributed by atoms with Gasteiger partial charge in [-0.3, -0.25) is 9.59 Å². The van der Waals surface area contributed by atoms with E-state index in [1.165, 1.54) is 6.92 Å². The molecule has 0 aliphatic carbocycles. The maximum atomic E-state index is 12.1. The van der Waals surface area contributed by atoms with Crippen LogP contribution in [0.25, 0.3) is 0 Å². The Bertz CT molecular complexity index is 952. The SMILES string of the molecule is CC(=O)Nc1ccc(NC(=O)CCCSc2nnc(Cn3ccnc3)n2C)cc1. The van der Waals surface area contributed by atoms with Crippen LogP contribution in [0.1, 0.15) is 25.6 Å². The van der Waals surface area contributed by atoms with Crippen LogP contribution in [0.15, 0.2) is 48.1 Å². The summed E-state index contributed by atoms with van der Waals surface area (Å²) in [7, 11) is 1.94. The van der Waals surface area contributed by atoms with Crippen molar-refractivity contribution in [3.8, 4) is 0 Å². The monoisotopic (exact) mass is 413 g/mol. The summed E-state index contributed by atoms with van der Waals surface area (Å²) in [6, 6.07) is 7.03. The number of thioether (sulfide) groups is 1. The highest BCUT2D eigenvalue weighted by molar-refractivity contribution is 7.99. The normalized spacial score (nSPS) is 10.7. The van der Waals surface area contributed by atoms with Crippen molar-refractivity contribution in [2.24, 2.45) is 7.05 Å². The lowest BCUT2D eigenvalue weighted by Crippen LogP contribution is -2.12. The minimum absolute atomic E-state index is 0.0448. The topological polar surface area (TPSA) is 107 Å². The Morgan fingerprint density at radius 1 is 1.10 bits per heavy atom. The first-order chi connectivity index (χ1) is 14.0. The fourth-order valence-electron chi connectivity index (χ4n) is 2.61. The molecule has 2 aromatic heterocycles. The van der Waals surface area contributed by atoms with E-state index in [2.05, 4.69) is 25.8 Å². The van der Waals surface area contributed by atoms with Gasteiger partial charge in [0.25, 0.3) is 0 Å². The minimum atomic E-state index is -0.129. The Balaban J connectivity index is 1.39.